The summed E-state index contributed by atoms with van der Waals surface area (Å²) in [4.78, 5) is 16.8. The SMILES string of the molecule is CC(C)c1ccc(C2=N/C(=C/c3cc(Br)c(OCc4ccccc4F)c(Br)c3)C(=O)O2)cc1. The van der Waals surface area contributed by atoms with Crippen molar-refractivity contribution in [3.63, 3.8) is 0 Å². The minimum atomic E-state index is -0.509. The van der Waals surface area contributed by atoms with E-state index in [1.807, 2.05) is 24.3 Å². The Morgan fingerprint density at radius 2 is 1.73 bits per heavy atom. The molecule has 0 saturated heterocycles. The standard InChI is InChI=1S/C26H20Br2FNO3/c1-15(2)17-7-9-18(10-8-17)25-30-23(26(31)33-25)13-16-11-20(27)24(21(28)12-16)32-14-19-5-3-4-6-22(19)29/h3-13,15H,14H2,1-2H3/b23-13+. The molecule has 1 aliphatic rings. The van der Waals surface area contributed by atoms with E-state index < -0.39 is 5.97 Å². The van der Waals surface area contributed by atoms with Gasteiger partial charge in [-0.1, -0.05) is 44.2 Å². The van der Waals surface area contributed by atoms with Crippen LogP contribution in [0, 0.1) is 5.82 Å². The van der Waals surface area contributed by atoms with E-state index >= 15 is 0 Å². The van der Waals surface area contributed by atoms with E-state index in [1.54, 1.807) is 36.4 Å². The number of aliphatic imine (C=N–C) groups is 1. The van der Waals surface area contributed by atoms with E-state index in [0.29, 0.717) is 26.2 Å². The number of hydrogen-bond acceptors (Lipinski definition) is 4. The van der Waals surface area contributed by atoms with Crippen molar-refractivity contribution in [2.75, 3.05) is 0 Å². The third-order valence-electron chi connectivity index (χ3n) is 5.10. The second-order valence-electron chi connectivity index (χ2n) is 7.81. The first-order valence-electron chi connectivity index (χ1n) is 10.3. The number of benzene rings is 3. The van der Waals surface area contributed by atoms with Crippen molar-refractivity contribution in [1.29, 1.82) is 0 Å². The molecule has 0 aliphatic carbocycles. The number of halogens is 3. The van der Waals surface area contributed by atoms with Gasteiger partial charge in [-0.2, -0.15) is 0 Å². The van der Waals surface area contributed by atoms with Gasteiger partial charge in [-0.05, 0) is 85.3 Å². The Labute approximate surface area is 208 Å². The Morgan fingerprint density at radius 3 is 2.36 bits per heavy atom. The van der Waals surface area contributed by atoms with Crippen LogP contribution in [-0.4, -0.2) is 11.9 Å². The van der Waals surface area contributed by atoms with Crippen molar-refractivity contribution >= 4 is 49.8 Å². The summed E-state index contributed by atoms with van der Waals surface area (Å²) in [6, 6.07) is 17.9. The van der Waals surface area contributed by atoms with E-state index in [4.69, 9.17) is 9.47 Å². The number of cyclic esters (lactones) is 1. The lowest BCUT2D eigenvalue weighted by atomic mass is 10.0. The first kappa shape index (κ1) is 23.4. The van der Waals surface area contributed by atoms with Gasteiger partial charge in [0.1, 0.15) is 18.2 Å². The molecule has 1 aliphatic heterocycles. The van der Waals surface area contributed by atoms with Gasteiger partial charge in [0.15, 0.2) is 5.70 Å². The lowest BCUT2D eigenvalue weighted by molar-refractivity contribution is -0.129. The van der Waals surface area contributed by atoms with Crippen molar-refractivity contribution < 1.29 is 18.7 Å². The van der Waals surface area contributed by atoms with Gasteiger partial charge in [0.05, 0.1) is 8.95 Å². The summed E-state index contributed by atoms with van der Waals surface area (Å²) < 4.78 is 26.4. The summed E-state index contributed by atoms with van der Waals surface area (Å²) in [5.74, 6) is 0.398. The summed E-state index contributed by atoms with van der Waals surface area (Å²) in [7, 11) is 0. The summed E-state index contributed by atoms with van der Waals surface area (Å²) in [5.41, 5.74) is 3.33. The van der Waals surface area contributed by atoms with Crippen molar-refractivity contribution in [2.24, 2.45) is 4.99 Å². The minimum Gasteiger partial charge on any atom is -0.486 e. The molecule has 0 radical (unpaired) electrons. The molecule has 0 saturated carbocycles. The van der Waals surface area contributed by atoms with Crippen LogP contribution in [0.15, 0.2) is 80.3 Å². The van der Waals surface area contributed by atoms with Gasteiger partial charge in [-0.15, -0.1) is 0 Å². The lowest BCUT2D eigenvalue weighted by Gasteiger charge is -2.12. The summed E-state index contributed by atoms with van der Waals surface area (Å²) in [5, 5.41) is 0. The highest BCUT2D eigenvalue weighted by Crippen LogP contribution is 2.36. The predicted octanol–water partition coefficient (Wildman–Crippen LogP) is 7.40. The first-order chi connectivity index (χ1) is 15.8. The van der Waals surface area contributed by atoms with Crippen LogP contribution < -0.4 is 4.74 Å². The number of esters is 1. The highest BCUT2D eigenvalue weighted by atomic mass is 79.9. The van der Waals surface area contributed by atoms with Crippen molar-refractivity contribution in [3.05, 3.63) is 103 Å². The van der Waals surface area contributed by atoms with Gasteiger partial charge in [-0.3, -0.25) is 0 Å². The number of carbonyl (C=O) groups excluding carboxylic acids is 1. The first-order valence-corrected chi connectivity index (χ1v) is 11.9. The summed E-state index contributed by atoms with van der Waals surface area (Å²) >= 11 is 6.98. The maximum absolute atomic E-state index is 13.9. The number of hydrogen-bond donors (Lipinski definition) is 0. The highest BCUT2D eigenvalue weighted by Gasteiger charge is 2.24. The average Bonchev–Trinajstić information content (AvgIpc) is 3.14. The maximum Gasteiger partial charge on any atom is 0.363 e. The minimum absolute atomic E-state index is 0.0832. The van der Waals surface area contributed by atoms with Crippen molar-refractivity contribution in [1.82, 2.24) is 0 Å². The fourth-order valence-electron chi connectivity index (χ4n) is 3.27. The zero-order valence-electron chi connectivity index (χ0n) is 17.9. The molecule has 0 N–H and O–H groups in total. The third-order valence-corrected chi connectivity index (χ3v) is 6.28. The van der Waals surface area contributed by atoms with Gasteiger partial charge in [-0.25, -0.2) is 14.2 Å². The number of ether oxygens (including phenoxy) is 2. The van der Waals surface area contributed by atoms with Crippen LogP contribution in [0.1, 0.15) is 42.0 Å². The second kappa shape index (κ2) is 10.0. The number of nitrogens with zero attached hydrogens (tertiary/aromatic N) is 1. The van der Waals surface area contributed by atoms with Crippen LogP contribution in [0.4, 0.5) is 4.39 Å². The molecule has 0 atom stereocenters. The topological polar surface area (TPSA) is 47.9 Å². The van der Waals surface area contributed by atoms with Crippen molar-refractivity contribution in [3.8, 4) is 5.75 Å². The number of carbonyl (C=O) groups is 1. The molecular weight excluding hydrogens is 553 g/mol. The van der Waals surface area contributed by atoms with Crippen LogP contribution in [0.25, 0.3) is 6.08 Å². The molecule has 4 nitrogen and oxygen atoms in total. The zero-order valence-corrected chi connectivity index (χ0v) is 21.1. The molecule has 0 fully saturated rings. The predicted molar refractivity (Wildman–Crippen MR) is 134 cm³/mol. The van der Waals surface area contributed by atoms with Crippen LogP contribution in [-0.2, 0) is 16.1 Å². The third kappa shape index (κ3) is 5.42. The summed E-state index contributed by atoms with van der Waals surface area (Å²) in [6.45, 7) is 4.32. The molecule has 0 amide bonds. The van der Waals surface area contributed by atoms with E-state index in [9.17, 15) is 9.18 Å². The van der Waals surface area contributed by atoms with Gasteiger partial charge < -0.3 is 9.47 Å². The highest BCUT2D eigenvalue weighted by molar-refractivity contribution is 9.11. The second-order valence-corrected chi connectivity index (χ2v) is 9.52. The van der Waals surface area contributed by atoms with E-state index in [1.165, 1.54) is 11.6 Å². The normalized spacial score (nSPS) is 14.5. The average molecular weight is 573 g/mol. The summed E-state index contributed by atoms with van der Waals surface area (Å²) in [6.07, 6.45) is 1.65. The maximum atomic E-state index is 13.9. The molecule has 3 aromatic carbocycles. The fourth-order valence-corrected chi connectivity index (χ4v) is 4.72. The Bertz CT molecular complexity index is 1240. The molecule has 3 aromatic rings. The molecule has 168 valence electrons. The monoisotopic (exact) mass is 571 g/mol. The van der Waals surface area contributed by atoms with Gasteiger partial charge in [0.25, 0.3) is 0 Å². The van der Waals surface area contributed by atoms with E-state index in [-0.39, 0.29) is 24.0 Å². The molecule has 0 bridgehead atoms. The Balaban J connectivity index is 1.54. The van der Waals surface area contributed by atoms with Crippen LogP contribution in [0.2, 0.25) is 0 Å². The van der Waals surface area contributed by atoms with Gasteiger partial charge in [0, 0.05) is 11.1 Å². The molecule has 33 heavy (non-hydrogen) atoms. The quantitative estimate of drug-likeness (QED) is 0.228. The largest absolute Gasteiger partial charge is 0.486 e. The van der Waals surface area contributed by atoms with Crippen molar-refractivity contribution in [2.45, 2.75) is 26.4 Å². The Hall–Kier alpha value is -2.77. The molecule has 0 aromatic heterocycles. The molecule has 0 spiro atoms. The molecule has 1 heterocycles. The molecule has 7 heteroatoms. The van der Waals surface area contributed by atoms with Crippen LogP contribution >= 0.6 is 31.9 Å². The van der Waals surface area contributed by atoms with Crippen LogP contribution in [0.3, 0.4) is 0 Å². The molecule has 4 rings (SSSR count). The van der Waals surface area contributed by atoms with Crippen LogP contribution in [0.5, 0.6) is 5.75 Å². The Kier molecular flexibility index (Phi) is 7.10. The van der Waals surface area contributed by atoms with Gasteiger partial charge >= 0.3 is 5.97 Å². The van der Waals surface area contributed by atoms with Gasteiger partial charge in [0.2, 0.25) is 5.90 Å². The van der Waals surface area contributed by atoms with E-state index in [0.717, 1.165) is 11.1 Å². The molecule has 0 unspecified atom stereocenters. The number of rotatable bonds is 6. The Morgan fingerprint density at radius 1 is 1.06 bits per heavy atom. The zero-order chi connectivity index (χ0) is 23.5. The lowest BCUT2D eigenvalue weighted by Crippen LogP contribution is -2.05. The van der Waals surface area contributed by atoms with E-state index in [2.05, 4.69) is 50.7 Å². The fraction of sp³-hybridized carbons (Fsp3) is 0.154. The molecular formula is C26H20Br2FNO3. The smallest absolute Gasteiger partial charge is 0.363 e.